The highest BCUT2D eigenvalue weighted by molar-refractivity contribution is 5.59. The van der Waals surface area contributed by atoms with E-state index in [1.54, 1.807) is 12.1 Å². The minimum Gasteiger partial charge on any atom is -0.406 e. The van der Waals surface area contributed by atoms with Gasteiger partial charge < -0.3 is 14.4 Å². The second kappa shape index (κ2) is 9.58. The molecule has 0 radical (unpaired) electrons. The molecule has 1 aliphatic carbocycles. The molecule has 5 rings (SSSR count). The molecular weight excluding hydrogens is 431 g/mol. The van der Waals surface area contributed by atoms with Crippen molar-refractivity contribution in [1.82, 2.24) is 15.1 Å². The lowest BCUT2D eigenvalue weighted by Crippen LogP contribution is -2.31. The molecule has 1 unspecified atom stereocenters. The summed E-state index contributed by atoms with van der Waals surface area (Å²) in [5.74, 6) is 2.83. The van der Waals surface area contributed by atoms with E-state index >= 15 is 0 Å². The van der Waals surface area contributed by atoms with Crippen molar-refractivity contribution in [3.8, 4) is 17.0 Å². The monoisotopic (exact) mass is 461 g/mol. The Morgan fingerprint density at radius 1 is 0.909 bits per heavy atom. The van der Waals surface area contributed by atoms with E-state index in [4.69, 9.17) is 4.74 Å². The van der Waals surface area contributed by atoms with Crippen LogP contribution in [0.2, 0.25) is 0 Å². The summed E-state index contributed by atoms with van der Waals surface area (Å²) >= 11 is 0. The van der Waals surface area contributed by atoms with Gasteiger partial charge in [-0.05, 0) is 92.2 Å². The Hall–Kier alpha value is -2.19. The van der Waals surface area contributed by atoms with Gasteiger partial charge in [-0.25, -0.2) is 0 Å². The van der Waals surface area contributed by atoms with Gasteiger partial charge in [0.05, 0.1) is 11.4 Å². The minimum atomic E-state index is -4.69. The topological polar surface area (TPSA) is 47.5 Å². The van der Waals surface area contributed by atoms with Gasteiger partial charge in [0.2, 0.25) is 0 Å². The van der Waals surface area contributed by atoms with Crippen molar-refractivity contribution in [2.24, 2.45) is 23.7 Å². The average Bonchev–Trinajstić information content (AvgIpc) is 3.32. The Morgan fingerprint density at radius 2 is 1.61 bits per heavy atom. The lowest BCUT2D eigenvalue weighted by atomic mass is 9.98. The van der Waals surface area contributed by atoms with Crippen LogP contribution in [0.4, 0.5) is 13.2 Å². The minimum absolute atomic E-state index is 0.242. The summed E-state index contributed by atoms with van der Waals surface area (Å²) < 4.78 is 46.4. The first-order chi connectivity index (χ1) is 15.9. The van der Waals surface area contributed by atoms with Crippen molar-refractivity contribution >= 4 is 0 Å². The maximum absolute atomic E-state index is 12.3. The number of hydrogen-bond acceptors (Lipinski definition) is 5. The van der Waals surface area contributed by atoms with E-state index < -0.39 is 6.36 Å². The zero-order valence-corrected chi connectivity index (χ0v) is 18.6. The van der Waals surface area contributed by atoms with Gasteiger partial charge in [0, 0.05) is 38.4 Å². The van der Waals surface area contributed by atoms with Crippen molar-refractivity contribution in [2.75, 3.05) is 32.8 Å². The highest BCUT2D eigenvalue weighted by Crippen LogP contribution is 2.43. The van der Waals surface area contributed by atoms with E-state index in [1.165, 1.54) is 57.5 Å². The van der Waals surface area contributed by atoms with E-state index in [9.17, 15) is 13.2 Å². The zero-order valence-electron chi connectivity index (χ0n) is 18.6. The Balaban J connectivity index is 1.11. The standard InChI is InChI=1S/C25H30F3N3O2/c26-25(27,28)33-23-4-1-19(2-5-23)24-6-3-22(29-30-24)13-18-11-20-15-31(16-21(20)12-18)14-17-7-9-32-10-8-17/h1-6,17-18,20-21H,7-16H2/t18?,20-,21+. The number of rotatable bonds is 6. The van der Waals surface area contributed by atoms with Crippen molar-refractivity contribution in [3.63, 3.8) is 0 Å². The fourth-order valence-electron chi connectivity index (χ4n) is 5.88. The molecule has 1 aromatic carbocycles. The first kappa shape index (κ1) is 22.6. The highest BCUT2D eigenvalue weighted by atomic mass is 19.4. The van der Waals surface area contributed by atoms with Crippen LogP contribution >= 0.6 is 0 Å². The SMILES string of the molecule is FC(F)(F)Oc1ccc(-c2ccc(CC3C[C@@H]4CN(CC5CCOCC5)C[C@@H]4C3)nn2)cc1. The maximum Gasteiger partial charge on any atom is 0.573 e. The van der Waals surface area contributed by atoms with Crippen LogP contribution in [0.5, 0.6) is 5.75 Å². The summed E-state index contributed by atoms with van der Waals surface area (Å²) in [6.45, 7) is 5.54. The van der Waals surface area contributed by atoms with Crippen LogP contribution in [0.15, 0.2) is 36.4 Å². The van der Waals surface area contributed by atoms with E-state index in [2.05, 4.69) is 19.8 Å². The van der Waals surface area contributed by atoms with E-state index in [0.29, 0.717) is 17.2 Å². The number of aromatic nitrogens is 2. The van der Waals surface area contributed by atoms with Crippen LogP contribution in [0.1, 0.15) is 31.4 Å². The molecule has 2 aliphatic heterocycles. The molecule has 3 fully saturated rings. The van der Waals surface area contributed by atoms with Gasteiger partial charge in [0.1, 0.15) is 5.75 Å². The fourth-order valence-corrected chi connectivity index (χ4v) is 5.88. The third-order valence-electron chi connectivity index (χ3n) is 7.38. The summed E-state index contributed by atoms with van der Waals surface area (Å²) in [6.07, 6.45) is 1.19. The molecule has 0 spiro atoms. The Kier molecular flexibility index (Phi) is 6.56. The summed E-state index contributed by atoms with van der Waals surface area (Å²) in [6, 6.07) is 9.60. The van der Waals surface area contributed by atoms with Crippen molar-refractivity contribution in [2.45, 2.75) is 38.5 Å². The maximum atomic E-state index is 12.3. The average molecular weight is 462 g/mol. The van der Waals surface area contributed by atoms with Crippen LogP contribution in [0.3, 0.4) is 0 Å². The van der Waals surface area contributed by atoms with Gasteiger partial charge in [-0.1, -0.05) is 0 Å². The third-order valence-corrected chi connectivity index (χ3v) is 7.38. The Bertz CT molecular complexity index is 900. The number of alkyl halides is 3. The van der Waals surface area contributed by atoms with E-state index in [1.807, 2.05) is 12.1 Å². The number of halogens is 3. The third kappa shape index (κ3) is 5.84. The van der Waals surface area contributed by atoms with Gasteiger partial charge in [0.25, 0.3) is 0 Å². The Morgan fingerprint density at radius 3 is 2.21 bits per heavy atom. The molecule has 1 saturated carbocycles. The molecule has 0 N–H and O–H groups in total. The number of hydrogen-bond donors (Lipinski definition) is 0. The Labute approximate surface area is 192 Å². The molecule has 3 heterocycles. The number of ether oxygens (including phenoxy) is 2. The summed E-state index contributed by atoms with van der Waals surface area (Å²) in [5, 5.41) is 8.72. The second-order valence-electron chi connectivity index (χ2n) is 9.82. The van der Waals surface area contributed by atoms with Crippen LogP contribution in [0, 0.1) is 23.7 Å². The normalized spacial score (nSPS) is 26.5. The summed E-state index contributed by atoms with van der Waals surface area (Å²) in [4.78, 5) is 2.68. The number of nitrogens with zero attached hydrogens (tertiary/aromatic N) is 3. The van der Waals surface area contributed by atoms with Crippen molar-refractivity contribution < 1.29 is 22.6 Å². The predicted molar refractivity (Wildman–Crippen MR) is 118 cm³/mol. The summed E-state index contributed by atoms with van der Waals surface area (Å²) in [5.41, 5.74) is 2.34. The lowest BCUT2D eigenvalue weighted by molar-refractivity contribution is -0.274. The summed E-state index contributed by atoms with van der Waals surface area (Å²) in [7, 11) is 0. The number of fused-ring (bicyclic) bond motifs is 1. The first-order valence-corrected chi connectivity index (χ1v) is 11.9. The number of likely N-dealkylation sites (tertiary alicyclic amines) is 1. The van der Waals surface area contributed by atoms with Gasteiger partial charge in [-0.3, -0.25) is 0 Å². The molecular formula is C25H30F3N3O2. The quantitative estimate of drug-likeness (QED) is 0.608. The molecule has 33 heavy (non-hydrogen) atoms. The van der Waals surface area contributed by atoms with Crippen molar-refractivity contribution in [3.05, 3.63) is 42.1 Å². The predicted octanol–water partition coefficient (Wildman–Crippen LogP) is 4.97. The molecule has 8 heteroatoms. The highest BCUT2D eigenvalue weighted by Gasteiger charge is 2.41. The zero-order chi connectivity index (χ0) is 22.8. The first-order valence-electron chi connectivity index (χ1n) is 11.9. The molecule has 0 amide bonds. The van der Waals surface area contributed by atoms with Crippen LogP contribution in [0.25, 0.3) is 11.3 Å². The molecule has 3 aliphatic rings. The molecule has 178 valence electrons. The van der Waals surface area contributed by atoms with Crippen LogP contribution in [-0.2, 0) is 11.2 Å². The van der Waals surface area contributed by atoms with Crippen LogP contribution < -0.4 is 4.74 Å². The molecule has 0 bridgehead atoms. The molecule has 3 atom stereocenters. The lowest BCUT2D eigenvalue weighted by Gasteiger charge is -2.27. The molecule has 2 saturated heterocycles. The van der Waals surface area contributed by atoms with Crippen LogP contribution in [-0.4, -0.2) is 54.3 Å². The fraction of sp³-hybridized carbons (Fsp3) is 0.600. The molecule has 5 nitrogen and oxygen atoms in total. The van der Waals surface area contributed by atoms with Gasteiger partial charge in [-0.15, -0.1) is 13.2 Å². The van der Waals surface area contributed by atoms with Gasteiger partial charge in [-0.2, -0.15) is 10.2 Å². The van der Waals surface area contributed by atoms with Gasteiger partial charge >= 0.3 is 6.36 Å². The molecule has 2 aromatic rings. The van der Waals surface area contributed by atoms with Crippen molar-refractivity contribution in [1.29, 1.82) is 0 Å². The van der Waals surface area contributed by atoms with E-state index in [0.717, 1.165) is 43.1 Å². The largest absolute Gasteiger partial charge is 0.573 e. The number of benzene rings is 1. The molecule has 1 aromatic heterocycles. The second-order valence-corrected chi connectivity index (χ2v) is 9.82. The van der Waals surface area contributed by atoms with E-state index in [-0.39, 0.29) is 5.75 Å². The van der Waals surface area contributed by atoms with Gasteiger partial charge in [0.15, 0.2) is 0 Å². The smallest absolute Gasteiger partial charge is 0.406 e.